The largest absolute Gasteiger partial charge is 0.368 e. The Morgan fingerprint density at radius 1 is 0.913 bits per heavy atom. The van der Waals surface area contributed by atoms with E-state index in [4.69, 9.17) is 35.4 Å². The summed E-state index contributed by atoms with van der Waals surface area (Å²) in [6, 6.07) is 15.8. The van der Waals surface area contributed by atoms with Crippen molar-refractivity contribution in [2.75, 3.05) is 36.4 Å². The Morgan fingerprint density at radius 2 is 1.52 bits per heavy atom. The van der Waals surface area contributed by atoms with Crippen molar-refractivity contribution in [3.63, 3.8) is 0 Å². The average Bonchev–Trinajstić information content (AvgIpc) is 2.55. The zero-order chi connectivity index (χ0) is 16.2. The Kier molecular flexibility index (Phi) is 5.26. The molecule has 0 saturated carbocycles. The molecule has 0 unspecified atom stereocenters. The summed E-state index contributed by atoms with van der Waals surface area (Å²) in [5.74, 6) is 0. The first-order valence-corrected chi connectivity index (χ1v) is 8.60. The lowest BCUT2D eigenvalue weighted by Gasteiger charge is -2.37. The molecule has 1 aliphatic rings. The van der Waals surface area contributed by atoms with Gasteiger partial charge in [0.25, 0.3) is 0 Å². The van der Waals surface area contributed by atoms with Gasteiger partial charge in [-0.3, -0.25) is 0 Å². The van der Waals surface area contributed by atoms with Crippen LogP contribution in [-0.4, -0.2) is 36.2 Å². The van der Waals surface area contributed by atoms with Crippen molar-refractivity contribution in [2.45, 2.75) is 0 Å². The number of anilines is 2. The predicted molar refractivity (Wildman–Crippen MR) is 103 cm³/mol. The molecule has 0 spiro atoms. The van der Waals surface area contributed by atoms with Gasteiger partial charge in [-0.15, -0.1) is 0 Å². The summed E-state index contributed by atoms with van der Waals surface area (Å²) in [5.41, 5.74) is 2.07. The van der Waals surface area contributed by atoms with Crippen LogP contribution in [0, 0.1) is 0 Å². The maximum absolute atomic E-state index is 6.02. The molecule has 0 atom stereocenters. The van der Waals surface area contributed by atoms with E-state index in [0.29, 0.717) is 15.2 Å². The maximum Gasteiger partial charge on any atom is 0.173 e. The highest BCUT2D eigenvalue weighted by molar-refractivity contribution is 7.80. The first-order chi connectivity index (χ1) is 11.1. The standard InChI is InChI=1S/C17H17Cl2N3S/c18-13-10-14(19)12-15(11-13)20-17(23)22-8-6-21(7-9-22)16-4-2-1-3-5-16/h1-5,10-12H,6-9H2,(H,20,23). The molecule has 2 aromatic carbocycles. The third kappa shape index (κ3) is 4.28. The van der Waals surface area contributed by atoms with Crippen LogP contribution in [0.3, 0.4) is 0 Å². The van der Waals surface area contributed by atoms with Crippen LogP contribution in [0.15, 0.2) is 48.5 Å². The van der Waals surface area contributed by atoms with E-state index in [2.05, 4.69) is 39.4 Å². The molecule has 0 aromatic heterocycles. The van der Waals surface area contributed by atoms with E-state index in [1.54, 1.807) is 6.07 Å². The van der Waals surface area contributed by atoms with E-state index < -0.39 is 0 Å². The topological polar surface area (TPSA) is 18.5 Å². The van der Waals surface area contributed by atoms with E-state index in [0.717, 1.165) is 31.9 Å². The lowest BCUT2D eigenvalue weighted by Crippen LogP contribution is -2.50. The van der Waals surface area contributed by atoms with Gasteiger partial charge in [0.1, 0.15) is 0 Å². The van der Waals surface area contributed by atoms with E-state index in [1.165, 1.54) is 5.69 Å². The van der Waals surface area contributed by atoms with E-state index in [1.807, 2.05) is 18.2 Å². The van der Waals surface area contributed by atoms with E-state index in [9.17, 15) is 0 Å². The summed E-state index contributed by atoms with van der Waals surface area (Å²) in [6.07, 6.45) is 0. The molecule has 0 radical (unpaired) electrons. The van der Waals surface area contributed by atoms with Crippen molar-refractivity contribution < 1.29 is 0 Å². The third-order valence-corrected chi connectivity index (χ3v) is 4.60. The Hall–Kier alpha value is -1.49. The van der Waals surface area contributed by atoms with Gasteiger partial charge in [-0.1, -0.05) is 41.4 Å². The number of nitrogens with one attached hydrogen (secondary N) is 1. The van der Waals surface area contributed by atoms with Crippen molar-refractivity contribution in [3.05, 3.63) is 58.6 Å². The second kappa shape index (κ2) is 7.39. The number of halogens is 2. The Balaban J connectivity index is 1.58. The number of hydrogen-bond donors (Lipinski definition) is 1. The molecule has 1 aliphatic heterocycles. The van der Waals surface area contributed by atoms with Crippen LogP contribution >= 0.6 is 35.4 Å². The van der Waals surface area contributed by atoms with Crippen molar-refractivity contribution >= 4 is 51.9 Å². The fourth-order valence-corrected chi connectivity index (χ4v) is 3.46. The maximum atomic E-state index is 6.02. The molecule has 0 aliphatic carbocycles. The molecule has 2 aromatic rings. The summed E-state index contributed by atoms with van der Waals surface area (Å²) in [4.78, 5) is 4.54. The summed E-state index contributed by atoms with van der Waals surface area (Å²) in [6.45, 7) is 3.66. The minimum Gasteiger partial charge on any atom is -0.368 e. The lowest BCUT2D eigenvalue weighted by atomic mass is 10.2. The van der Waals surface area contributed by atoms with Crippen LogP contribution in [0.1, 0.15) is 0 Å². The fraction of sp³-hybridized carbons (Fsp3) is 0.235. The summed E-state index contributed by atoms with van der Waals surface area (Å²) < 4.78 is 0. The monoisotopic (exact) mass is 365 g/mol. The Labute approximate surface area is 151 Å². The van der Waals surface area contributed by atoms with Crippen LogP contribution < -0.4 is 10.2 Å². The van der Waals surface area contributed by atoms with Gasteiger partial charge in [0.15, 0.2) is 5.11 Å². The second-order valence-corrected chi connectivity index (χ2v) is 6.66. The highest BCUT2D eigenvalue weighted by Gasteiger charge is 2.19. The molecule has 3 nitrogen and oxygen atoms in total. The molecule has 0 amide bonds. The molecule has 0 bridgehead atoms. The number of rotatable bonds is 2. The lowest BCUT2D eigenvalue weighted by molar-refractivity contribution is 0.391. The highest BCUT2D eigenvalue weighted by Crippen LogP contribution is 2.23. The SMILES string of the molecule is S=C(Nc1cc(Cl)cc(Cl)c1)N1CCN(c2ccccc2)CC1. The molecular formula is C17H17Cl2N3S. The number of nitrogens with zero attached hydrogens (tertiary/aromatic N) is 2. The average molecular weight is 366 g/mol. The number of thiocarbonyl (C=S) groups is 1. The minimum atomic E-state index is 0.594. The first-order valence-electron chi connectivity index (χ1n) is 7.44. The molecule has 120 valence electrons. The zero-order valence-electron chi connectivity index (χ0n) is 12.5. The quantitative estimate of drug-likeness (QED) is 0.788. The molecule has 6 heteroatoms. The van der Waals surface area contributed by atoms with Crippen LogP contribution in [0.4, 0.5) is 11.4 Å². The minimum absolute atomic E-state index is 0.594. The van der Waals surface area contributed by atoms with Crippen LogP contribution in [-0.2, 0) is 0 Å². The Bertz CT molecular complexity index is 665. The normalized spacial score (nSPS) is 14.7. The summed E-state index contributed by atoms with van der Waals surface area (Å²) in [7, 11) is 0. The molecule has 1 fully saturated rings. The van der Waals surface area contributed by atoms with Crippen LogP contribution in [0.25, 0.3) is 0 Å². The first kappa shape index (κ1) is 16.4. The number of para-hydroxylation sites is 1. The summed E-state index contributed by atoms with van der Waals surface area (Å²) >= 11 is 17.5. The zero-order valence-corrected chi connectivity index (χ0v) is 14.8. The Morgan fingerprint density at radius 3 is 2.13 bits per heavy atom. The van der Waals surface area contributed by atoms with Gasteiger partial charge in [0.2, 0.25) is 0 Å². The molecule has 1 saturated heterocycles. The highest BCUT2D eigenvalue weighted by atomic mass is 35.5. The smallest absolute Gasteiger partial charge is 0.173 e. The van der Waals surface area contributed by atoms with Gasteiger partial charge in [0.05, 0.1) is 0 Å². The molecule has 1 heterocycles. The van der Waals surface area contributed by atoms with E-state index >= 15 is 0 Å². The van der Waals surface area contributed by atoms with Gasteiger partial charge in [0, 0.05) is 47.6 Å². The van der Waals surface area contributed by atoms with Crippen molar-refractivity contribution in [1.29, 1.82) is 0 Å². The molecule has 1 N–H and O–H groups in total. The van der Waals surface area contributed by atoms with Crippen molar-refractivity contribution in [1.82, 2.24) is 4.90 Å². The van der Waals surface area contributed by atoms with Crippen LogP contribution in [0.2, 0.25) is 10.0 Å². The van der Waals surface area contributed by atoms with Crippen LogP contribution in [0.5, 0.6) is 0 Å². The molecule has 3 rings (SSSR count). The fourth-order valence-electron chi connectivity index (χ4n) is 2.64. The van der Waals surface area contributed by atoms with Gasteiger partial charge in [-0.2, -0.15) is 0 Å². The van der Waals surface area contributed by atoms with Crippen molar-refractivity contribution in [3.8, 4) is 0 Å². The van der Waals surface area contributed by atoms with Gasteiger partial charge in [-0.05, 0) is 42.5 Å². The summed E-state index contributed by atoms with van der Waals surface area (Å²) in [5, 5.41) is 5.11. The molecular weight excluding hydrogens is 349 g/mol. The third-order valence-electron chi connectivity index (χ3n) is 3.80. The predicted octanol–water partition coefficient (Wildman–Crippen LogP) is 4.51. The van der Waals surface area contributed by atoms with Gasteiger partial charge in [-0.25, -0.2) is 0 Å². The number of hydrogen-bond acceptors (Lipinski definition) is 2. The second-order valence-electron chi connectivity index (χ2n) is 5.40. The molecule has 23 heavy (non-hydrogen) atoms. The van der Waals surface area contributed by atoms with Gasteiger partial charge >= 0.3 is 0 Å². The number of benzene rings is 2. The number of piperazine rings is 1. The van der Waals surface area contributed by atoms with Crippen molar-refractivity contribution in [2.24, 2.45) is 0 Å². The van der Waals surface area contributed by atoms with E-state index in [-0.39, 0.29) is 0 Å². The van der Waals surface area contributed by atoms with Gasteiger partial charge < -0.3 is 15.1 Å².